The van der Waals surface area contributed by atoms with Crippen molar-refractivity contribution in [2.24, 2.45) is 4.99 Å². The van der Waals surface area contributed by atoms with Crippen LogP contribution in [-0.4, -0.2) is 30.3 Å². The van der Waals surface area contributed by atoms with E-state index >= 15 is 0 Å². The predicted octanol–water partition coefficient (Wildman–Crippen LogP) is 4.38. The van der Waals surface area contributed by atoms with Crippen molar-refractivity contribution in [3.63, 3.8) is 0 Å². The number of nitrogens with zero attached hydrogens (tertiary/aromatic N) is 2. The monoisotopic (exact) mass is 520 g/mol. The van der Waals surface area contributed by atoms with Gasteiger partial charge in [-0.3, -0.25) is 4.99 Å². The molecule has 0 aliphatic rings. The Morgan fingerprint density at radius 2 is 1.92 bits per heavy atom. The second-order valence-corrected chi connectivity index (χ2v) is 6.89. The maximum atomic E-state index is 12.8. The zero-order valence-corrected chi connectivity index (χ0v) is 17.6. The minimum atomic E-state index is -4.42. The highest BCUT2D eigenvalue weighted by atomic mass is 127. The molecule has 2 rings (SSSR count). The molecule has 0 fully saturated rings. The van der Waals surface area contributed by atoms with Crippen LogP contribution in [0.15, 0.2) is 39.5 Å². The first-order chi connectivity index (χ1) is 11.9. The summed E-state index contributed by atoms with van der Waals surface area (Å²) in [6, 6.07) is 6.21. The fraction of sp³-hybridized carbons (Fsp3) is 0.333. The molecule has 4 nitrogen and oxygen atoms in total. The van der Waals surface area contributed by atoms with Gasteiger partial charge in [-0.05, 0) is 24.3 Å². The maximum absolute atomic E-state index is 12.8. The molecule has 2 aromatic rings. The molecule has 0 unspecified atom stereocenters. The topological polar surface area (TPSA) is 49.3 Å². The number of thiazole rings is 1. The Bertz CT molecular complexity index is 704. The number of benzene rings is 1. The smallest absolute Gasteiger partial charge is 0.356 e. The Morgan fingerprint density at radius 3 is 2.50 bits per heavy atom. The van der Waals surface area contributed by atoms with Crippen molar-refractivity contribution in [1.82, 2.24) is 15.6 Å². The van der Waals surface area contributed by atoms with Gasteiger partial charge in [-0.2, -0.15) is 13.2 Å². The second-order valence-electron chi connectivity index (χ2n) is 4.78. The van der Waals surface area contributed by atoms with E-state index in [9.17, 15) is 17.6 Å². The molecule has 0 spiro atoms. The molecule has 1 heterocycles. The Hall–Kier alpha value is -1.08. The number of thioether (sulfide) groups is 1. The van der Waals surface area contributed by atoms with E-state index in [0.29, 0.717) is 17.5 Å². The lowest BCUT2D eigenvalue weighted by Gasteiger charge is -2.10. The van der Waals surface area contributed by atoms with Crippen LogP contribution in [0.5, 0.6) is 0 Å². The average Bonchev–Trinajstić information content (AvgIpc) is 3.05. The number of aliphatic imine (C=N–C) groups is 1. The van der Waals surface area contributed by atoms with Crippen molar-refractivity contribution >= 4 is 53.0 Å². The van der Waals surface area contributed by atoms with Crippen molar-refractivity contribution in [3.05, 3.63) is 46.2 Å². The van der Waals surface area contributed by atoms with Gasteiger partial charge in [0.2, 0.25) is 0 Å². The SMILES string of the molecule is CN=C(NCCSc1ccc(F)cc1)NCc1nc(C(F)(F)F)cs1.I. The van der Waals surface area contributed by atoms with Crippen molar-refractivity contribution in [2.75, 3.05) is 19.3 Å². The van der Waals surface area contributed by atoms with Crippen LogP contribution < -0.4 is 10.6 Å². The van der Waals surface area contributed by atoms with E-state index in [1.807, 2.05) is 0 Å². The van der Waals surface area contributed by atoms with E-state index in [1.165, 1.54) is 12.1 Å². The Morgan fingerprint density at radius 1 is 1.23 bits per heavy atom. The van der Waals surface area contributed by atoms with E-state index in [0.717, 1.165) is 27.4 Å². The largest absolute Gasteiger partial charge is 0.434 e. The number of halogens is 5. The van der Waals surface area contributed by atoms with Gasteiger partial charge in [-0.15, -0.1) is 47.1 Å². The summed E-state index contributed by atoms with van der Waals surface area (Å²) in [6.45, 7) is 0.749. The van der Waals surface area contributed by atoms with E-state index in [1.54, 1.807) is 30.9 Å². The molecule has 0 atom stereocenters. The highest BCUT2D eigenvalue weighted by Crippen LogP contribution is 2.29. The third-order valence-corrected chi connectivity index (χ3v) is 4.81. The summed E-state index contributed by atoms with van der Waals surface area (Å²) in [5.74, 6) is 0.924. The van der Waals surface area contributed by atoms with Crippen LogP contribution in [0, 0.1) is 5.82 Å². The van der Waals surface area contributed by atoms with Gasteiger partial charge in [0.05, 0.1) is 6.54 Å². The standard InChI is InChI=1S/C15H16F4N4S2.HI/c1-20-14(21-6-7-24-11-4-2-10(16)3-5-11)22-8-13-23-12(9-25-13)15(17,18)19;/h2-5,9H,6-8H2,1H3,(H2,20,21,22);1H. The first-order valence-corrected chi connectivity index (χ1v) is 9.09. The number of hydrogen-bond acceptors (Lipinski definition) is 4. The first-order valence-electron chi connectivity index (χ1n) is 7.23. The number of nitrogens with one attached hydrogen (secondary N) is 2. The number of rotatable bonds is 6. The van der Waals surface area contributed by atoms with E-state index < -0.39 is 11.9 Å². The number of guanidine groups is 1. The van der Waals surface area contributed by atoms with Crippen LogP contribution in [0.25, 0.3) is 0 Å². The molecule has 0 bridgehead atoms. The van der Waals surface area contributed by atoms with Crippen LogP contribution in [-0.2, 0) is 12.7 Å². The predicted molar refractivity (Wildman–Crippen MR) is 108 cm³/mol. The highest BCUT2D eigenvalue weighted by molar-refractivity contribution is 14.0. The number of alkyl halides is 3. The minimum Gasteiger partial charge on any atom is -0.356 e. The Balaban J connectivity index is 0.00000338. The van der Waals surface area contributed by atoms with Crippen LogP contribution in [0.3, 0.4) is 0 Å². The van der Waals surface area contributed by atoms with E-state index in [2.05, 4.69) is 20.6 Å². The molecule has 0 amide bonds. The molecule has 1 aromatic heterocycles. The fourth-order valence-corrected chi connectivity index (χ4v) is 3.28. The molecule has 0 saturated carbocycles. The maximum Gasteiger partial charge on any atom is 0.434 e. The molecule has 144 valence electrons. The molecule has 0 radical (unpaired) electrons. The summed E-state index contributed by atoms with van der Waals surface area (Å²) in [6.07, 6.45) is -4.42. The van der Waals surface area contributed by atoms with Gasteiger partial charge in [-0.1, -0.05) is 0 Å². The zero-order valence-electron chi connectivity index (χ0n) is 13.6. The molecular formula is C15H17F4IN4S2. The summed E-state index contributed by atoms with van der Waals surface area (Å²) in [7, 11) is 1.57. The highest BCUT2D eigenvalue weighted by Gasteiger charge is 2.33. The quantitative estimate of drug-likeness (QED) is 0.148. The molecule has 26 heavy (non-hydrogen) atoms. The van der Waals surface area contributed by atoms with Crippen LogP contribution in [0.2, 0.25) is 0 Å². The van der Waals surface area contributed by atoms with Crippen molar-refractivity contribution in [2.45, 2.75) is 17.6 Å². The van der Waals surface area contributed by atoms with Crippen molar-refractivity contribution in [3.8, 4) is 0 Å². The molecule has 0 aliphatic heterocycles. The molecule has 11 heteroatoms. The molecule has 0 aliphatic carbocycles. The van der Waals surface area contributed by atoms with Crippen LogP contribution in [0.1, 0.15) is 10.7 Å². The lowest BCUT2D eigenvalue weighted by atomic mass is 10.4. The third-order valence-electron chi connectivity index (χ3n) is 2.95. The third kappa shape index (κ3) is 7.66. The molecular weight excluding hydrogens is 503 g/mol. The zero-order chi connectivity index (χ0) is 18.3. The van der Waals surface area contributed by atoms with Gasteiger partial charge in [0.15, 0.2) is 11.7 Å². The summed E-state index contributed by atoms with van der Waals surface area (Å²) in [5, 5.41) is 7.30. The van der Waals surface area contributed by atoms with Gasteiger partial charge in [0, 0.05) is 29.6 Å². The van der Waals surface area contributed by atoms with Crippen molar-refractivity contribution < 1.29 is 17.6 Å². The van der Waals surface area contributed by atoms with Crippen LogP contribution in [0.4, 0.5) is 17.6 Å². The lowest BCUT2D eigenvalue weighted by molar-refractivity contribution is -0.140. The van der Waals surface area contributed by atoms with Gasteiger partial charge in [-0.25, -0.2) is 9.37 Å². The minimum absolute atomic E-state index is 0. The van der Waals surface area contributed by atoms with Gasteiger partial charge in [0.25, 0.3) is 0 Å². The van der Waals surface area contributed by atoms with E-state index in [-0.39, 0.29) is 36.3 Å². The average molecular weight is 520 g/mol. The normalized spacial score (nSPS) is 11.8. The summed E-state index contributed by atoms with van der Waals surface area (Å²) in [5.41, 5.74) is -0.882. The van der Waals surface area contributed by atoms with Gasteiger partial charge < -0.3 is 10.6 Å². The van der Waals surface area contributed by atoms with Crippen LogP contribution >= 0.6 is 47.1 Å². The Labute approximate surface area is 173 Å². The lowest BCUT2D eigenvalue weighted by Crippen LogP contribution is -2.37. The number of hydrogen-bond donors (Lipinski definition) is 2. The molecule has 0 saturated heterocycles. The van der Waals surface area contributed by atoms with E-state index in [4.69, 9.17) is 0 Å². The summed E-state index contributed by atoms with van der Waals surface area (Å²) >= 11 is 2.50. The summed E-state index contributed by atoms with van der Waals surface area (Å²) < 4.78 is 50.3. The Kier molecular flexibility index (Phi) is 9.64. The molecule has 2 N–H and O–H groups in total. The molecule has 1 aromatic carbocycles. The van der Waals surface area contributed by atoms with Crippen molar-refractivity contribution in [1.29, 1.82) is 0 Å². The fourth-order valence-electron chi connectivity index (χ4n) is 1.77. The summed E-state index contributed by atoms with van der Waals surface area (Å²) in [4.78, 5) is 8.50. The van der Waals surface area contributed by atoms with Gasteiger partial charge in [0.1, 0.15) is 10.8 Å². The second kappa shape index (κ2) is 10.9. The first kappa shape index (κ1) is 23.0. The van der Waals surface area contributed by atoms with Gasteiger partial charge >= 0.3 is 6.18 Å². The number of aromatic nitrogens is 1.